The number of unbranched alkanes of at least 4 members (excludes halogenated alkanes) is 1. The van der Waals surface area contributed by atoms with Crippen LogP contribution < -0.4 is 0 Å². The van der Waals surface area contributed by atoms with Gasteiger partial charge in [-0.25, -0.2) is 0 Å². The molecule has 0 aliphatic heterocycles. The third-order valence-corrected chi connectivity index (χ3v) is 7.78. The van der Waals surface area contributed by atoms with Crippen molar-refractivity contribution in [1.82, 2.24) is 0 Å². The Kier molecular flexibility index (Phi) is 29.0. The van der Waals surface area contributed by atoms with Crippen LogP contribution in [-0.2, 0) is 49.3 Å². The Bertz CT molecular complexity index is 989. The van der Waals surface area contributed by atoms with Crippen LogP contribution in [0.2, 0.25) is 0 Å². The van der Waals surface area contributed by atoms with Gasteiger partial charge >= 0.3 is 255 Å². The molecule has 0 amide bonds. The summed E-state index contributed by atoms with van der Waals surface area (Å²) >= 11 is 3.32. The van der Waals surface area contributed by atoms with E-state index in [1.807, 2.05) is 0 Å². The van der Waals surface area contributed by atoms with Crippen molar-refractivity contribution in [3.05, 3.63) is 105 Å². The van der Waals surface area contributed by atoms with E-state index in [4.69, 9.17) is 28.0 Å². The Hall–Kier alpha value is -2.50. The molecule has 0 aromatic heterocycles. The molecule has 0 unspecified atom stereocenters. The zero-order valence-corrected chi connectivity index (χ0v) is 25.7. The predicted molar refractivity (Wildman–Crippen MR) is 149 cm³/mol. The third-order valence-electron chi connectivity index (χ3n) is 7.37. The summed E-state index contributed by atoms with van der Waals surface area (Å²) in [5.41, 5.74) is 2.97. The van der Waals surface area contributed by atoms with Crippen LogP contribution in [0, 0.1) is 45.1 Å². The maximum absolute atomic E-state index is 7.50. The molecule has 1 saturated carbocycles. The van der Waals surface area contributed by atoms with Crippen LogP contribution in [0.15, 0.2) is 60.7 Å². The van der Waals surface area contributed by atoms with Crippen LogP contribution in [0.5, 0.6) is 0 Å². The van der Waals surface area contributed by atoms with Gasteiger partial charge < -0.3 is 0 Å². The molecule has 0 heterocycles. The average Bonchev–Trinajstić information content (AvgIpc) is 3.05. The van der Waals surface area contributed by atoms with Gasteiger partial charge in [0.25, 0.3) is 0 Å². The minimum absolute atomic E-state index is 0.105. The molecule has 7 heteroatoms. The molecular formula is C34H40CrO6. The maximum atomic E-state index is 7.50. The van der Waals surface area contributed by atoms with E-state index in [1.54, 1.807) is 0 Å². The number of hydrogen-bond donors (Lipinski definition) is 0. The molecule has 1 fully saturated rings. The van der Waals surface area contributed by atoms with Gasteiger partial charge in [-0.2, -0.15) is 0 Å². The second-order valence-corrected chi connectivity index (χ2v) is 10.8. The quantitative estimate of drug-likeness (QED) is 0.204. The molecule has 3 rings (SSSR count). The first-order valence-electron chi connectivity index (χ1n) is 13.2. The van der Waals surface area contributed by atoms with Crippen LogP contribution in [0.25, 0.3) is 0 Å². The fourth-order valence-corrected chi connectivity index (χ4v) is 5.85. The van der Waals surface area contributed by atoms with E-state index >= 15 is 0 Å². The molecular weight excluding hydrogens is 556 g/mol. The van der Waals surface area contributed by atoms with Crippen LogP contribution in [0.4, 0.5) is 0 Å². The van der Waals surface area contributed by atoms with Crippen molar-refractivity contribution >= 4 is 4.57 Å². The fraction of sp³-hybridized carbons (Fsp3) is 0.471. The molecule has 41 heavy (non-hydrogen) atoms. The number of benzene rings is 2. The van der Waals surface area contributed by atoms with E-state index in [9.17, 15) is 0 Å². The molecule has 4 atom stereocenters. The van der Waals surface area contributed by atoms with Gasteiger partial charge in [0.2, 0.25) is 0 Å². The Morgan fingerprint density at radius 1 is 0.854 bits per heavy atom. The van der Waals surface area contributed by atoms with E-state index < -0.39 is 0 Å². The first kappa shape index (κ1) is 43.0. The van der Waals surface area contributed by atoms with Crippen molar-refractivity contribution < 1.29 is 43.8 Å². The molecule has 1 aliphatic rings. The van der Waals surface area contributed by atoms with Gasteiger partial charge in [-0.1, -0.05) is 0 Å². The second-order valence-electron chi connectivity index (χ2n) is 10.1. The van der Waals surface area contributed by atoms with E-state index in [-0.39, 0.29) is 11.5 Å². The molecule has 0 radical (unpaired) electrons. The molecule has 0 saturated heterocycles. The number of rotatable bonds is 10. The topological polar surface area (TPSA) is 109 Å². The first-order chi connectivity index (χ1) is 19.9. The van der Waals surface area contributed by atoms with E-state index in [1.165, 1.54) is 43.2 Å². The van der Waals surface area contributed by atoms with Crippen LogP contribution >= 0.6 is 0 Å². The van der Waals surface area contributed by atoms with Crippen molar-refractivity contribution in [3.8, 4) is 0 Å². The molecule has 218 valence electrons. The predicted octanol–water partition coefficient (Wildman–Crippen LogP) is 7.64. The zero-order chi connectivity index (χ0) is 32.3. The minimum atomic E-state index is 0.105. The van der Waals surface area contributed by atoms with Crippen molar-refractivity contribution in [2.45, 2.75) is 90.1 Å². The Morgan fingerprint density at radius 2 is 1.34 bits per heavy atom. The van der Waals surface area contributed by atoms with Gasteiger partial charge in [-0.15, -0.1) is 0 Å². The molecule has 0 N–H and O–H groups in total. The molecule has 1 aliphatic carbocycles. The van der Waals surface area contributed by atoms with Crippen molar-refractivity contribution in [1.29, 1.82) is 0 Å². The summed E-state index contributed by atoms with van der Waals surface area (Å²) in [6.07, 6.45) is 8.65. The van der Waals surface area contributed by atoms with Crippen molar-refractivity contribution in [3.63, 3.8) is 0 Å². The normalized spacial score (nSPS) is 17.5. The van der Waals surface area contributed by atoms with Gasteiger partial charge in [-0.05, 0) is 0 Å². The van der Waals surface area contributed by atoms with E-state index in [0.717, 1.165) is 23.3 Å². The summed E-state index contributed by atoms with van der Waals surface area (Å²) in [6.45, 7) is 32.0. The van der Waals surface area contributed by atoms with Crippen LogP contribution in [-0.4, -0.2) is 10.7 Å². The van der Waals surface area contributed by atoms with E-state index in [0.29, 0.717) is 11.8 Å². The molecule has 6 nitrogen and oxygen atoms in total. The molecule has 0 spiro atoms. The summed E-state index contributed by atoms with van der Waals surface area (Å²) in [5, 5.41) is 0. The number of hydrogen-bond acceptors (Lipinski definition) is 1. The number of ether oxygens (including phenoxy) is 1. The molecule has 0 bridgehead atoms. The standard InChI is InChI=1S/C29H40O.5CO.Cr/c1-5-6-13-25(24-14-9-7-10-15-24)20-21-30-28-22-23(2)18-19-27(28)29(3,4)26-16-11-8-12-17-26;5*1-2;/h7-12,14-17,23,25,27-28H,5-6,13,18-20,22H2,1-4H3;;;;;;/t23-,25+,27-,28-;;;;;;/m1....../s1. The van der Waals surface area contributed by atoms with Gasteiger partial charge in [0, 0.05) is 0 Å². The summed E-state index contributed by atoms with van der Waals surface area (Å²) in [7, 11) is 0. The van der Waals surface area contributed by atoms with Gasteiger partial charge in [-0.3, -0.25) is 0 Å². The third kappa shape index (κ3) is 15.9. The first-order valence-corrected chi connectivity index (χ1v) is 13.9. The summed E-state index contributed by atoms with van der Waals surface area (Å²) in [4.78, 5) is 0. The van der Waals surface area contributed by atoms with Crippen LogP contribution in [0.3, 0.4) is 0 Å². The summed E-state index contributed by atoms with van der Waals surface area (Å²) in [5.74, 6) is 1.78. The molecule has 2 aromatic rings. The zero-order valence-electron chi connectivity index (χ0n) is 24.4. The van der Waals surface area contributed by atoms with Crippen molar-refractivity contribution in [2.75, 3.05) is 0 Å². The Balaban J connectivity index is -0.00000130. The Labute approximate surface area is 254 Å². The summed E-state index contributed by atoms with van der Waals surface area (Å²) < 4.78 is 45.4. The monoisotopic (exact) mass is 596 g/mol. The van der Waals surface area contributed by atoms with Crippen molar-refractivity contribution in [2.24, 2.45) is 11.8 Å². The summed E-state index contributed by atoms with van der Waals surface area (Å²) in [6, 6.07) is 22.0. The van der Waals surface area contributed by atoms with Gasteiger partial charge in [0.1, 0.15) is 0 Å². The average molecular weight is 597 g/mol. The van der Waals surface area contributed by atoms with Gasteiger partial charge in [0.15, 0.2) is 0 Å². The van der Waals surface area contributed by atoms with E-state index in [2.05, 4.69) is 137 Å². The van der Waals surface area contributed by atoms with Crippen LogP contribution in [0.1, 0.15) is 89.7 Å². The molecule has 2 aromatic carbocycles. The fourth-order valence-electron chi connectivity index (χ4n) is 5.35. The SMILES string of the molecule is CCCC[C@@H](C[C](=[Cr])O[C@@H]1C[C@H](C)CC[C@H]1C(C)(C)c1ccccc1)c1ccccc1.[C-]#[O+].[C-]#[O+].[C-]#[O+].[C-]#[O+].[C-]#[O+]. The Morgan fingerprint density at radius 3 is 1.83 bits per heavy atom. The van der Waals surface area contributed by atoms with Gasteiger partial charge in [0.05, 0.1) is 0 Å². The second kappa shape index (κ2) is 27.7.